The minimum atomic E-state index is 1.06. The van der Waals surface area contributed by atoms with Crippen LogP contribution in [0.4, 0.5) is 0 Å². The van der Waals surface area contributed by atoms with Gasteiger partial charge in [0.2, 0.25) is 6.33 Å². The van der Waals surface area contributed by atoms with E-state index < -0.39 is 0 Å². The van der Waals surface area contributed by atoms with E-state index in [1.807, 2.05) is 28.7 Å². The Hall–Kier alpha value is -1.71. The minimum Gasteiger partial charge on any atom is -0.262 e. The number of aromatic nitrogens is 4. The summed E-state index contributed by atoms with van der Waals surface area (Å²) < 4.78 is 3.85. The van der Waals surface area contributed by atoms with E-state index in [1.165, 1.54) is 5.56 Å². The van der Waals surface area contributed by atoms with Crippen LogP contribution < -0.4 is 4.68 Å². The van der Waals surface area contributed by atoms with E-state index in [4.69, 9.17) is 0 Å². The van der Waals surface area contributed by atoms with Crippen molar-refractivity contribution in [3.63, 3.8) is 0 Å². The van der Waals surface area contributed by atoms with Gasteiger partial charge in [-0.05, 0) is 23.5 Å². The highest BCUT2D eigenvalue weighted by Gasteiger charge is 2.07. The number of hydrogen-bond acceptors (Lipinski definition) is 2. The molecule has 0 bridgehead atoms. The van der Waals surface area contributed by atoms with Gasteiger partial charge in [0.05, 0.1) is 6.20 Å². The predicted molar refractivity (Wildman–Crippen MR) is 47.3 cm³/mol. The SMILES string of the molecule is Cc1ccncc1-n1cnc[n+]1C. The predicted octanol–water partition coefficient (Wildman–Crippen LogP) is 0.400. The molecule has 0 atom stereocenters. The van der Waals surface area contributed by atoms with Crippen LogP contribution in [0.25, 0.3) is 5.69 Å². The van der Waals surface area contributed by atoms with Crippen LogP contribution >= 0.6 is 0 Å². The largest absolute Gasteiger partial charge is 0.306 e. The molecular weight excluding hydrogens is 164 g/mol. The highest BCUT2D eigenvalue weighted by molar-refractivity contribution is 5.34. The molecule has 2 aromatic heterocycles. The first-order chi connectivity index (χ1) is 6.29. The van der Waals surface area contributed by atoms with Crippen molar-refractivity contribution in [2.24, 2.45) is 7.05 Å². The Morgan fingerprint density at radius 3 is 2.85 bits per heavy atom. The van der Waals surface area contributed by atoms with Gasteiger partial charge in [-0.25, -0.2) is 0 Å². The number of rotatable bonds is 1. The van der Waals surface area contributed by atoms with E-state index in [9.17, 15) is 0 Å². The van der Waals surface area contributed by atoms with Crippen LogP contribution in [0, 0.1) is 6.92 Å². The second-order valence-corrected chi connectivity index (χ2v) is 2.96. The van der Waals surface area contributed by atoms with Gasteiger partial charge in [0.25, 0.3) is 0 Å². The molecule has 0 N–H and O–H groups in total. The number of aryl methyl sites for hydroxylation is 2. The van der Waals surface area contributed by atoms with Crippen molar-refractivity contribution < 1.29 is 4.68 Å². The third-order valence-electron chi connectivity index (χ3n) is 2.01. The molecule has 0 aliphatic carbocycles. The molecule has 0 aliphatic heterocycles. The Balaban J connectivity index is 2.59. The summed E-state index contributed by atoms with van der Waals surface area (Å²) in [7, 11) is 1.94. The van der Waals surface area contributed by atoms with Crippen molar-refractivity contribution in [3.05, 3.63) is 36.7 Å². The lowest BCUT2D eigenvalue weighted by Crippen LogP contribution is -2.37. The van der Waals surface area contributed by atoms with Gasteiger partial charge in [-0.2, -0.15) is 4.68 Å². The molecule has 0 aromatic carbocycles. The fourth-order valence-electron chi connectivity index (χ4n) is 1.25. The Kier molecular flexibility index (Phi) is 1.81. The zero-order chi connectivity index (χ0) is 9.26. The molecule has 2 aromatic rings. The lowest BCUT2D eigenvalue weighted by atomic mass is 10.2. The van der Waals surface area contributed by atoms with Crippen LogP contribution in [0.3, 0.4) is 0 Å². The Morgan fingerprint density at radius 1 is 1.38 bits per heavy atom. The lowest BCUT2D eigenvalue weighted by Gasteiger charge is -2.02. The number of pyridine rings is 1. The summed E-state index contributed by atoms with van der Waals surface area (Å²) in [6.07, 6.45) is 7.14. The summed E-state index contributed by atoms with van der Waals surface area (Å²) in [4.78, 5) is 8.12. The summed E-state index contributed by atoms with van der Waals surface area (Å²) in [5.41, 5.74) is 2.24. The van der Waals surface area contributed by atoms with Crippen molar-refractivity contribution in [1.82, 2.24) is 14.6 Å². The summed E-state index contributed by atoms with van der Waals surface area (Å²) in [5, 5.41) is 0. The third-order valence-corrected chi connectivity index (χ3v) is 2.01. The first kappa shape index (κ1) is 7.91. The van der Waals surface area contributed by atoms with Gasteiger partial charge in [-0.1, -0.05) is 0 Å². The van der Waals surface area contributed by atoms with E-state index in [1.54, 1.807) is 18.9 Å². The normalized spacial score (nSPS) is 10.3. The average Bonchev–Trinajstić information content (AvgIpc) is 2.52. The minimum absolute atomic E-state index is 1.06. The number of hydrogen-bond donors (Lipinski definition) is 0. The molecule has 0 fully saturated rings. The van der Waals surface area contributed by atoms with Gasteiger partial charge in [0.1, 0.15) is 12.7 Å². The van der Waals surface area contributed by atoms with E-state index >= 15 is 0 Å². The molecule has 0 amide bonds. The first-order valence-corrected chi connectivity index (χ1v) is 4.08. The van der Waals surface area contributed by atoms with Crippen molar-refractivity contribution in [2.75, 3.05) is 0 Å². The fourth-order valence-corrected chi connectivity index (χ4v) is 1.25. The monoisotopic (exact) mass is 175 g/mol. The molecule has 0 unspecified atom stereocenters. The zero-order valence-corrected chi connectivity index (χ0v) is 7.68. The molecular formula is C9H11N4+. The second-order valence-electron chi connectivity index (χ2n) is 2.96. The molecule has 66 valence electrons. The summed E-state index contributed by atoms with van der Waals surface area (Å²) in [6, 6.07) is 1.98. The maximum Gasteiger partial charge on any atom is 0.306 e. The standard InChI is InChI=1S/C9H11N4/c1-8-3-4-10-5-9(8)13-7-11-6-12(13)2/h3-7H,1-2H3/q+1. The molecule has 2 rings (SSSR count). The Bertz CT molecular complexity index is 419. The maximum atomic E-state index is 4.08. The van der Waals surface area contributed by atoms with Crippen LogP contribution in [0.15, 0.2) is 31.1 Å². The van der Waals surface area contributed by atoms with E-state index in [-0.39, 0.29) is 0 Å². The highest BCUT2D eigenvalue weighted by atomic mass is 15.4. The van der Waals surface area contributed by atoms with Crippen LogP contribution in [0.5, 0.6) is 0 Å². The zero-order valence-electron chi connectivity index (χ0n) is 7.68. The van der Waals surface area contributed by atoms with Crippen LogP contribution in [-0.2, 0) is 7.05 Å². The lowest BCUT2D eigenvalue weighted by molar-refractivity contribution is -0.745. The van der Waals surface area contributed by atoms with Crippen molar-refractivity contribution in [2.45, 2.75) is 6.92 Å². The fraction of sp³-hybridized carbons (Fsp3) is 0.222. The molecule has 0 spiro atoms. The molecule has 0 saturated heterocycles. The van der Waals surface area contributed by atoms with Gasteiger partial charge in [0.15, 0.2) is 0 Å². The van der Waals surface area contributed by atoms with Crippen LogP contribution in [0.1, 0.15) is 5.56 Å². The molecule has 0 saturated carbocycles. The maximum absolute atomic E-state index is 4.08. The highest BCUT2D eigenvalue weighted by Crippen LogP contribution is 2.07. The molecule has 0 radical (unpaired) electrons. The van der Waals surface area contributed by atoms with Crippen molar-refractivity contribution in [3.8, 4) is 5.69 Å². The van der Waals surface area contributed by atoms with E-state index in [0.29, 0.717) is 0 Å². The summed E-state index contributed by atoms with van der Waals surface area (Å²) in [5.74, 6) is 0. The third kappa shape index (κ3) is 1.30. The van der Waals surface area contributed by atoms with E-state index in [0.717, 1.165) is 5.69 Å². The molecule has 4 nitrogen and oxygen atoms in total. The molecule has 2 heterocycles. The molecule has 4 heteroatoms. The average molecular weight is 175 g/mol. The first-order valence-electron chi connectivity index (χ1n) is 4.08. The van der Waals surface area contributed by atoms with Crippen LogP contribution in [-0.4, -0.2) is 14.6 Å². The number of nitrogens with zero attached hydrogens (tertiary/aromatic N) is 4. The van der Waals surface area contributed by atoms with Gasteiger partial charge in [-0.15, -0.1) is 4.68 Å². The second kappa shape index (κ2) is 2.97. The van der Waals surface area contributed by atoms with Gasteiger partial charge < -0.3 is 0 Å². The smallest absolute Gasteiger partial charge is 0.262 e. The van der Waals surface area contributed by atoms with Gasteiger partial charge >= 0.3 is 6.33 Å². The Morgan fingerprint density at radius 2 is 2.23 bits per heavy atom. The summed E-state index contributed by atoms with van der Waals surface area (Å²) >= 11 is 0. The van der Waals surface area contributed by atoms with Gasteiger partial charge in [0, 0.05) is 6.20 Å². The summed E-state index contributed by atoms with van der Waals surface area (Å²) in [6.45, 7) is 2.05. The Labute approximate surface area is 76.5 Å². The van der Waals surface area contributed by atoms with Gasteiger partial charge in [-0.3, -0.25) is 4.98 Å². The molecule has 13 heavy (non-hydrogen) atoms. The van der Waals surface area contributed by atoms with Crippen molar-refractivity contribution in [1.29, 1.82) is 0 Å². The van der Waals surface area contributed by atoms with Crippen LogP contribution in [0.2, 0.25) is 0 Å². The van der Waals surface area contributed by atoms with Crippen molar-refractivity contribution >= 4 is 0 Å². The van der Waals surface area contributed by atoms with E-state index in [2.05, 4.69) is 16.9 Å². The molecule has 0 aliphatic rings. The quantitative estimate of drug-likeness (QED) is 0.588. The topological polar surface area (TPSA) is 34.6 Å².